The number of likely N-dealkylation sites (N-methyl/N-ethyl adjacent to an activating group) is 1. The number of aryl methyl sites for hydroxylation is 1. The van der Waals surface area contributed by atoms with Gasteiger partial charge in [-0.05, 0) is 50.2 Å². The lowest BCUT2D eigenvalue weighted by Crippen LogP contribution is -2.39. The molecule has 3 rings (SSSR count). The van der Waals surface area contributed by atoms with Crippen molar-refractivity contribution < 1.29 is 14.3 Å². The summed E-state index contributed by atoms with van der Waals surface area (Å²) >= 11 is 0. The van der Waals surface area contributed by atoms with E-state index in [4.69, 9.17) is 9.47 Å². The van der Waals surface area contributed by atoms with Crippen molar-refractivity contribution in [3.05, 3.63) is 35.4 Å². The molecule has 1 saturated heterocycles. The highest BCUT2D eigenvalue weighted by Crippen LogP contribution is 2.35. The number of carbonyl (C=O) groups is 1. The molecule has 1 aliphatic carbocycles. The smallest absolute Gasteiger partial charge is 0.251 e. The number of benzene rings is 1. The van der Waals surface area contributed by atoms with Gasteiger partial charge in [0.15, 0.2) is 0 Å². The molecule has 0 unspecified atom stereocenters. The molecular weight excluding hydrogens is 290 g/mol. The fraction of sp³-hybridized carbons (Fsp3) is 0.632. The first-order chi connectivity index (χ1) is 11.2. The molecule has 0 spiro atoms. The molecule has 0 bridgehead atoms. The van der Waals surface area contributed by atoms with Crippen molar-refractivity contribution in [3.8, 4) is 0 Å². The van der Waals surface area contributed by atoms with Crippen molar-refractivity contribution >= 4 is 5.91 Å². The lowest BCUT2D eigenvalue weighted by atomic mass is 10.1. The highest BCUT2D eigenvalue weighted by atomic mass is 16.5. The van der Waals surface area contributed by atoms with E-state index in [-0.39, 0.29) is 18.1 Å². The Labute approximate surface area is 138 Å². The minimum Gasteiger partial charge on any atom is -0.376 e. The summed E-state index contributed by atoms with van der Waals surface area (Å²) in [7, 11) is 1.89. The van der Waals surface area contributed by atoms with Crippen LogP contribution in [0.15, 0.2) is 24.3 Å². The van der Waals surface area contributed by atoms with Crippen molar-refractivity contribution in [2.24, 2.45) is 0 Å². The lowest BCUT2D eigenvalue weighted by Gasteiger charge is -2.29. The van der Waals surface area contributed by atoms with Crippen molar-refractivity contribution in [1.29, 1.82) is 0 Å². The Morgan fingerprint density at radius 1 is 1.35 bits per heavy atom. The molecule has 126 valence electrons. The van der Waals surface area contributed by atoms with Crippen LogP contribution in [0.3, 0.4) is 0 Å². The molecule has 0 saturated carbocycles. The quantitative estimate of drug-likeness (QED) is 0.837. The Hall–Kier alpha value is -1.39. The zero-order chi connectivity index (χ0) is 16.2. The van der Waals surface area contributed by atoms with E-state index >= 15 is 0 Å². The van der Waals surface area contributed by atoms with E-state index in [0.29, 0.717) is 6.61 Å². The van der Waals surface area contributed by atoms with Gasteiger partial charge in [0.1, 0.15) is 6.10 Å². The van der Waals surface area contributed by atoms with Crippen LogP contribution in [-0.2, 0) is 20.7 Å². The third-order valence-electron chi connectivity index (χ3n) is 5.07. The lowest BCUT2D eigenvalue weighted by molar-refractivity contribution is -0.147. The van der Waals surface area contributed by atoms with Gasteiger partial charge in [-0.1, -0.05) is 24.3 Å². The van der Waals surface area contributed by atoms with E-state index in [1.165, 1.54) is 17.5 Å². The summed E-state index contributed by atoms with van der Waals surface area (Å²) in [4.78, 5) is 14.5. The van der Waals surface area contributed by atoms with Crippen LogP contribution in [0.4, 0.5) is 0 Å². The number of fused-ring (bicyclic) bond motifs is 1. The van der Waals surface area contributed by atoms with E-state index in [9.17, 15) is 4.79 Å². The predicted molar refractivity (Wildman–Crippen MR) is 89.3 cm³/mol. The largest absolute Gasteiger partial charge is 0.376 e. The summed E-state index contributed by atoms with van der Waals surface area (Å²) in [6.07, 6.45) is 5.13. The first-order valence-corrected chi connectivity index (χ1v) is 8.74. The standard InChI is InChI=1S/C19H27NO3/c1-14(23-13-16-8-5-6-12-22-16)19(21)20(2)18-11-10-15-7-3-4-9-17(15)18/h3-4,7,9,14,16,18H,5-6,8,10-13H2,1-2H3/t14-,16-,18-/m0/s1. The van der Waals surface area contributed by atoms with Crippen LogP contribution in [0.2, 0.25) is 0 Å². The molecule has 1 fully saturated rings. The van der Waals surface area contributed by atoms with Gasteiger partial charge >= 0.3 is 0 Å². The highest BCUT2D eigenvalue weighted by Gasteiger charge is 2.31. The molecule has 1 aromatic carbocycles. The molecule has 3 atom stereocenters. The molecule has 23 heavy (non-hydrogen) atoms. The predicted octanol–water partition coefficient (Wildman–Crippen LogP) is 3.11. The van der Waals surface area contributed by atoms with E-state index in [1.807, 2.05) is 18.9 Å². The number of hydrogen-bond acceptors (Lipinski definition) is 3. The number of hydrogen-bond donors (Lipinski definition) is 0. The Balaban J connectivity index is 1.54. The van der Waals surface area contributed by atoms with E-state index in [2.05, 4.69) is 24.3 Å². The minimum atomic E-state index is -0.418. The normalized spacial score (nSPS) is 25.0. The summed E-state index contributed by atoms with van der Waals surface area (Å²) in [5.41, 5.74) is 2.65. The topological polar surface area (TPSA) is 38.8 Å². The van der Waals surface area contributed by atoms with Gasteiger partial charge in [-0.2, -0.15) is 0 Å². The van der Waals surface area contributed by atoms with Crippen molar-refractivity contribution in [3.63, 3.8) is 0 Å². The summed E-state index contributed by atoms with van der Waals surface area (Å²) in [6.45, 7) is 3.18. The molecule has 1 amide bonds. The molecule has 1 heterocycles. The maximum Gasteiger partial charge on any atom is 0.251 e. The molecule has 0 aromatic heterocycles. The average molecular weight is 317 g/mol. The Bertz CT molecular complexity index is 539. The van der Waals surface area contributed by atoms with Gasteiger partial charge in [-0.15, -0.1) is 0 Å². The molecule has 4 heteroatoms. The van der Waals surface area contributed by atoms with Crippen LogP contribution >= 0.6 is 0 Å². The van der Waals surface area contributed by atoms with Gasteiger partial charge in [0.05, 0.1) is 18.8 Å². The van der Waals surface area contributed by atoms with Gasteiger partial charge in [0, 0.05) is 13.7 Å². The van der Waals surface area contributed by atoms with Crippen LogP contribution in [0.1, 0.15) is 49.8 Å². The van der Waals surface area contributed by atoms with Crippen molar-refractivity contribution in [2.75, 3.05) is 20.3 Å². The zero-order valence-electron chi connectivity index (χ0n) is 14.2. The molecule has 1 aromatic rings. The maximum atomic E-state index is 12.7. The third kappa shape index (κ3) is 3.75. The molecule has 0 radical (unpaired) electrons. The number of nitrogens with zero attached hydrogens (tertiary/aromatic N) is 1. The van der Waals surface area contributed by atoms with Gasteiger partial charge in [-0.3, -0.25) is 4.79 Å². The second-order valence-electron chi connectivity index (χ2n) is 6.67. The van der Waals surface area contributed by atoms with Crippen molar-refractivity contribution in [1.82, 2.24) is 4.90 Å². The van der Waals surface area contributed by atoms with E-state index < -0.39 is 6.10 Å². The Morgan fingerprint density at radius 2 is 2.17 bits per heavy atom. The van der Waals surface area contributed by atoms with Gasteiger partial charge in [0.25, 0.3) is 5.91 Å². The van der Waals surface area contributed by atoms with Crippen LogP contribution < -0.4 is 0 Å². The Morgan fingerprint density at radius 3 is 2.96 bits per heavy atom. The third-order valence-corrected chi connectivity index (χ3v) is 5.07. The fourth-order valence-corrected chi connectivity index (χ4v) is 3.64. The SMILES string of the molecule is C[C@H](OC[C@@H]1CCCCO1)C(=O)N(C)[C@H]1CCc2ccccc21. The summed E-state index contributed by atoms with van der Waals surface area (Å²) < 4.78 is 11.5. The van der Waals surface area contributed by atoms with Crippen LogP contribution in [0.25, 0.3) is 0 Å². The van der Waals surface area contributed by atoms with Crippen LogP contribution in [0, 0.1) is 0 Å². The van der Waals surface area contributed by atoms with Crippen LogP contribution in [-0.4, -0.2) is 43.3 Å². The van der Waals surface area contributed by atoms with Gasteiger partial charge < -0.3 is 14.4 Å². The monoisotopic (exact) mass is 317 g/mol. The summed E-state index contributed by atoms with van der Waals surface area (Å²) in [5, 5.41) is 0. The van der Waals surface area contributed by atoms with Gasteiger partial charge in [-0.25, -0.2) is 0 Å². The first-order valence-electron chi connectivity index (χ1n) is 8.74. The average Bonchev–Trinajstić information content (AvgIpc) is 3.03. The zero-order valence-corrected chi connectivity index (χ0v) is 14.2. The second-order valence-corrected chi connectivity index (χ2v) is 6.67. The molecule has 1 aliphatic heterocycles. The van der Waals surface area contributed by atoms with Crippen molar-refractivity contribution in [2.45, 2.75) is 57.3 Å². The highest BCUT2D eigenvalue weighted by molar-refractivity contribution is 5.81. The molecule has 0 N–H and O–H groups in total. The van der Waals surface area contributed by atoms with Gasteiger partial charge in [0.2, 0.25) is 0 Å². The van der Waals surface area contributed by atoms with Crippen LogP contribution in [0.5, 0.6) is 0 Å². The Kier molecular flexibility index (Phi) is 5.34. The second kappa shape index (κ2) is 7.45. The number of ether oxygens (including phenoxy) is 2. The van der Waals surface area contributed by atoms with E-state index in [0.717, 1.165) is 32.3 Å². The number of carbonyl (C=O) groups excluding carboxylic acids is 1. The summed E-state index contributed by atoms with van der Waals surface area (Å²) in [5.74, 6) is 0.0579. The number of amides is 1. The minimum absolute atomic E-state index is 0.0579. The molecule has 4 nitrogen and oxygen atoms in total. The first kappa shape index (κ1) is 16.5. The number of rotatable bonds is 5. The van der Waals surface area contributed by atoms with E-state index in [1.54, 1.807) is 0 Å². The fourth-order valence-electron chi connectivity index (χ4n) is 3.64. The summed E-state index contributed by atoms with van der Waals surface area (Å²) in [6, 6.07) is 8.59. The molecular formula is C19H27NO3. The maximum absolute atomic E-state index is 12.7. The molecule has 2 aliphatic rings.